The third-order valence-corrected chi connectivity index (χ3v) is 5.06. The van der Waals surface area contributed by atoms with Crippen LogP contribution in [-0.2, 0) is 4.79 Å². The Balaban J connectivity index is 1.53. The SMILES string of the molecule is CCN(C(=O)CN1CCN(C(=O)c2cc(Cl)ccc2F)CC1)C1CC1. The van der Waals surface area contributed by atoms with Crippen LogP contribution in [0.1, 0.15) is 30.1 Å². The van der Waals surface area contributed by atoms with E-state index in [0.717, 1.165) is 19.4 Å². The van der Waals surface area contributed by atoms with Crippen molar-refractivity contribution in [2.24, 2.45) is 0 Å². The van der Waals surface area contributed by atoms with Gasteiger partial charge in [0.15, 0.2) is 0 Å². The van der Waals surface area contributed by atoms with Crippen molar-refractivity contribution in [3.63, 3.8) is 0 Å². The summed E-state index contributed by atoms with van der Waals surface area (Å²) in [4.78, 5) is 30.5. The summed E-state index contributed by atoms with van der Waals surface area (Å²) in [5.74, 6) is -0.750. The molecule has 136 valence electrons. The smallest absolute Gasteiger partial charge is 0.256 e. The second-order valence-electron chi connectivity index (χ2n) is 6.60. The highest BCUT2D eigenvalue weighted by Crippen LogP contribution is 2.26. The van der Waals surface area contributed by atoms with E-state index in [-0.39, 0.29) is 17.4 Å². The highest BCUT2D eigenvalue weighted by molar-refractivity contribution is 6.31. The Bertz CT molecular complexity index is 658. The molecule has 1 aromatic rings. The number of rotatable bonds is 5. The summed E-state index contributed by atoms with van der Waals surface area (Å²) in [6, 6.07) is 4.42. The predicted molar refractivity (Wildman–Crippen MR) is 94.2 cm³/mol. The van der Waals surface area contributed by atoms with Crippen LogP contribution >= 0.6 is 11.6 Å². The lowest BCUT2D eigenvalue weighted by atomic mass is 10.1. The van der Waals surface area contributed by atoms with Crippen molar-refractivity contribution in [2.75, 3.05) is 39.3 Å². The Kier molecular flexibility index (Phi) is 5.59. The van der Waals surface area contributed by atoms with Gasteiger partial charge >= 0.3 is 0 Å². The summed E-state index contributed by atoms with van der Waals surface area (Å²) in [6.45, 7) is 5.32. The molecule has 25 heavy (non-hydrogen) atoms. The minimum Gasteiger partial charge on any atom is -0.339 e. The van der Waals surface area contributed by atoms with Gasteiger partial charge in [-0.1, -0.05) is 11.6 Å². The van der Waals surface area contributed by atoms with Crippen LogP contribution in [0.4, 0.5) is 4.39 Å². The van der Waals surface area contributed by atoms with E-state index < -0.39 is 5.82 Å². The normalized spacial score (nSPS) is 18.3. The standard InChI is InChI=1S/C18H23ClFN3O2/c1-2-23(14-4-5-14)17(24)12-21-7-9-22(10-8-21)18(25)15-11-13(19)3-6-16(15)20/h3,6,11,14H,2,4-5,7-10,12H2,1H3. The molecule has 1 aliphatic heterocycles. The largest absolute Gasteiger partial charge is 0.339 e. The fourth-order valence-electron chi connectivity index (χ4n) is 3.25. The first-order valence-corrected chi connectivity index (χ1v) is 9.13. The first-order valence-electron chi connectivity index (χ1n) is 8.75. The monoisotopic (exact) mass is 367 g/mol. The maximum absolute atomic E-state index is 13.9. The Morgan fingerprint density at radius 1 is 1.24 bits per heavy atom. The van der Waals surface area contributed by atoms with Gasteiger partial charge in [-0.15, -0.1) is 0 Å². The summed E-state index contributed by atoms with van der Waals surface area (Å²) in [6.07, 6.45) is 2.21. The zero-order chi connectivity index (χ0) is 18.0. The van der Waals surface area contributed by atoms with Crippen molar-refractivity contribution in [1.29, 1.82) is 0 Å². The van der Waals surface area contributed by atoms with Gasteiger partial charge in [0, 0.05) is 43.8 Å². The van der Waals surface area contributed by atoms with E-state index in [4.69, 9.17) is 11.6 Å². The van der Waals surface area contributed by atoms with Gasteiger partial charge in [0.25, 0.3) is 5.91 Å². The van der Waals surface area contributed by atoms with Gasteiger partial charge in [-0.25, -0.2) is 4.39 Å². The van der Waals surface area contributed by atoms with Gasteiger partial charge in [0.05, 0.1) is 12.1 Å². The van der Waals surface area contributed by atoms with Crippen molar-refractivity contribution in [2.45, 2.75) is 25.8 Å². The van der Waals surface area contributed by atoms with E-state index in [9.17, 15) is 14.0 Å². The number of likely N-dealkylation sites (N-methyl/N-ethyl adjacent to an activating group) is 1. The third-order valence-electron chi connectivity index (χ3n) is 4.83. The number of piperazine rings is 1. The van der Waals surface area contributed by atoms with Crippen LogP contribution in [0.15, 0.2) is 18.2 Å². The van der Waals surface area contributed by atoms with Crippen LogP contribution in [0, 0.1) is 5.82 Å². The third kappa shape index (κ3) is 4.30. The van der Waals surface area contributed by atoms with E-state index in [1.165, 1.54) is 18.2 Å². The molecule has 0 spiro atoms. The topological polar surface area (TPSA) is 43.9 Å². The molecule has 2 amide bonds. The number of carbonyl (C=O) groups excluding carboxylic acids is 2. The summed E-state index contributed by atoms with van der Waals surface area (Å²) in [7, 11) is 0. The van der Waals surface area contributed by atoms with Gasteiger partial charge in [-0.2, -0.15) is 0 Å². The van der Waals surface area contributed by atoms with Crippen LogP contribution < -0.4 is 0 Å². The van der Waals surface area contributed by atoms with Crippen LogP contribution in [-0.4, -0.2) is 71.8 Å². The lowest BCUT2D eigenvalue weighted by Crippen LogP contribution is -2.51. The number of benzene rings is 1. The molecular weight excluding hydrogens is 345 g/mol. The lowest BCUT2D eigenvalue weighted by Gasteiger charge is -2.35. The molecule has 7 heteroatoms. The molecule has 0 bridgehead atoms. The maximum Gasteiger partial charge on any atom is 0.256 e. The molecule has 1 aromatic carbocycles. The van der Waals surface area contributed by atoms with Crippen molar-refractivity contribution < 1.29 is 14.0 Å². The molecule has 0 atom stereocenters. The Labute approximate surface area is 152 Å². The van der Waals surface area contributed by atoms with E-state index in [1.54, 1.807) is 4.90 Å². The van der Waals surface area contributed by atoms with Crippen LogP contribution in [0.2, 0.25) is 5.02 Å². The van der Waals surface area contributed by atoms with E-state index >= 15 is 0 Å². The molecule has 3 rings (SSSR count). The molecule has 1 aliphatic carbocycles. The van der Waals surface area contributed by atoms with Crippen molar-refractivity contribution in [3.8, 4) is 0 Å². The number of hydrogen-bond acceptors (Lipinski definition) is 3. The zero-order valence-corrected chi connectivity index (χ0v) is 15.1. The summed E-state index contributed by atoms with van der Waals surface area (Å²) in [5.41, 5.74) is 0.00270. The Morgan fingerprint density at radius 3 is 2.52 bits per heavy atom. The molecule has 1 heterocycles. The molecule has 5 nitrogen and oxygen atoms in total. The maximum atomic E-state index is 13.9. The Morgan fingerprint density at radius 2 is 1.92 bits per heavy atom. The molecule has 0 unspecified atom stereocenters. The second-order valence-corrected chi connectivity index (χ2v) is 7.04. The van der Waals surface area contributed by atoms with Crippen molar-refractivity contribution >= 4 is 23.4 Å². The van der Waals surface area contributed by atoms with Gasteiger partial charge in [-0.3, -0.25) is 14.5 Å². The number of amides is 2. The average molecular weight is 368 g/mol. The summed E-state index contributed by atoms with van der Waals surface area (Å²) >= 11 is 5.87. The second kappa shape index (κ2) is 7.70. The first kappa shape index (κ1) is 18.1. The quantitative estimate of drug-likeness (QED) is 0.801. The number of nitrogens with zero attached hydrogens (tertiary/aromatic N) is 3. The summed E-state index contributed by atoms with van der Waals surface area (Å²) < 4.78 is 13.9. The molecular formula is C18H23ClFN3O2. The zero-order valence-electron chi connectivity index (χ0n) is 14.4. The van der Waals surface area contributed by atoms with E-state index in [2.05, 4.69) is 4.90 Å². The average Bonchev–Trinajstić information content (AvgIpc) is 3.43. The van der Waals surface area contributed by atoms with Crippen molar-refractivity contribution in [1.82, 2.24) is 14.7 Å². The first-order chi connectivity index (χ1) is 12.0. The predicted octanol–water partition coefficient (Wildman–Crippen LogP) is 2.25. The van der Waals surface area contributed by atoms with Gasteiger partial charge in [0.1, 0.15) is 5.82 Å². The fourth-order valence-corrected chi connectivity index (χ4v) is 3.42. The molecule has 1 saturated carbocycles. The van der Waals surface area contributed by atoms with Crippen LogP contribution in [0.25, 0.3) is 0 Å². The molecule has 0 aromatic heterocycles. The molecule has 2 aliphatic rings. The molecule has 1 saturated heterocycles. The summed E-state index contributed by atoms with van der Waals surface area (Å²) in [5, 5.41) is 0.341. The van der Waals surface area contributed by atoms with Gasteiger partial charge < -0.3 is 9.80 Å². The highest BCUT2D eigenvalue weighted by Gasteiger charge is 2.32. The van der Waals surface area contributed by atoms with Crippen LogP contribution in [0.5, 0.6) is 0 Å². The van der Waals surface area contributed by atoms with Gasteiger partial charge in [-0.05, 0) is 38.0 Å². The fraction of sp³-hybridized carbons (Fsp3) is 0.556. The van der Waals surface area contributed by atoms with E-state index in [1.807, 2.05) is 11.8 Å². The molecule has 0 N–H and O–H groups in total. The van der Waals surface area contributed by atoms with Crippen LogP contribution in [0.3, 0.4) is 0 Å². The molecule has 2 fully saturated rings. The lowest BCUT2D eigenvalue weighted by molar-refractivity contribution is -0.133. The minimum atomic E-state index is -0.560. The minimum absolute atomic E-state index is 0.00270. The number of halogens is 2. The molecule has 0 radical (unpaired) electrons. The van der Waals surface area contributed by atoms with E-state index in [0.29, 0.717) is 43.8 Å². The Hall–Kier alpha value is -1.66. The van der Waals surface area contributed by atoms with Gasteiger partial charge in [0.2, 0.25) is 5.91 Å². The van der Waals surface area contributed by atoms with Crippen molar-refractivity contribution in [3.05, 3.63) is 34.6 Å². The highest BCUT2D eigenvalue weighted by atomic mass is 35.5. The number of carbonyl (C=O) groups is 2. The number of hydrogen-bond donors (Lipinski definition) is 0.